The van der Waals surface area contributed by atoms with Crippen molar-refractivity contribution < 1.29 is 9.90 Å². The van der Waals surface area contributed by atoms with Gasteiger partial charge in [-0.05, 0) is 22.9 Å². The van der Waals surface area contributed by atoms with E-state index in [4.69, 9.17) is 0 Å². The van der Waals surface area contributed by atoms with Crippen LogP contribution in [-0.4, -0.2) is 21.7 Å². The first kappa shape index (κ1) is 11.6. The first-order chi connectivity index (χ1) is 9.75. The lowest BCUT2D eigenvalue weighted by Crippen LogP contribution is -1.96. The van der Waals surface area contributed by atoms with Crippen molar-refractivity contribution >= 4 is 34.3 Å². The number of aliphatic imine (C=N–C) groups is 1. The summed E-state index contributed by atoms with van der Waals surface area (Å²) in [7, 11) is 0. The van der Waals surface area contributed by atoms with Crippen LogP contribution in [0.1, 0.15) is 20.8 Å². The molecule has 6 heteroatoms. The second-order valence-electron chi connectivity index (χ2n) is 4.32. The van der Waals surface area contributed by atoms with Gasteiger partial charge in [0.05, 0.1) is 32.3 Å². The molecule has 0 radical (unpaired) electrons. The minimum Gasteiger partial charge on any atom is -0.494 e. The Hall–Kier alpha value is -2.18. The molecule has 3 aromatic heterocycles. The fourth-order valence-corrected chi connectivity index (χ4v) is 3.79. The Labute approximate surface area is 122 Å². The average Bonchev–Trinajstić information content (AvgIpc) is 3.17. The van der Waals surface area contributed by atoms with Gasteiger partial charge in [-0.3, -0.25) is 4.79 Å². The Balaban J connectivity index is 1.95. The Morgan fingerprint density at radius 1 is 1.05 bits per heavy atom. The molecular formula is C14H8N2O2S2. The number of amides is 1. The smallest absolute Gasteiger partial charge is 0.280 e. The Bertz CT molecular complexity index is 827. The van der Waals surface area contributed by atoms with Crippen LogP contribution >= 0.6 is 22.7 Å². The summed E-state index contributed by atoms with van der Waals surface area (Å²) >= 11 is 3.01. The molecule has 0 aromatic carbocycles. The van der Waals surface area contributed by atoms with Gasteiger partial charge < -0.3 is 10.1 Å². The van der Waals surface area contributed by atoms with Gasteiger partial charge in [0.25, 0.3) is 5.91 Å². The summed E-state index contributed by atoms with van der Waals surface area (Å²) in [5.74, 6) is -0.301. The van der Waals surface area contributed by atoms with Crippen LogP contribution in [0.2, 0.25) is 0 Å². The number of nitrogens with one attached hydrogen (secondary N) is 1. The molecule has 3 aromatic rings. The fraction of sp³-hybridized carbons (Fsp3) is 0. The topological polar surface area (TPSA) is 65.4 Å². The molecule has 0 bridgehead atoms. The first-order valence-electron chi connectivity index (χ1n) is 5.92. The van der Waals surface area contributed by atoms with Gasteiger partial charge in [0.2, 0.25) is 0 Å². The number of aromatic amines is 1. The van der Waals surface area contributed by atoms with E-state index in [1.54, 1.807) is 0 Å². The van der Waals surface area contributed by atoms with Crippen molar-refractivity contribution in [2.45, 2.75) is 0 Å². The van der Waals surface area contributed by atoms with Crippen LogP contribution in [0.25, 0.3) is 10.6 Å². The molecule has 0 saturated carbocycles. The lowest BCUT2D eigenvalue weighted by molar-refractivity contribution is 0.101. The number of thiophene rings is 2. The van der Waals surface area contributed by atoms with E-state index >= 15 is 0 Å². The van der Waals surface area contributed by atoms with Crippen molar-refractivity contribution in [3.8, 4) is 16.5 Å². The molecule has 0 unspecified atom stereocenters. The van der Waals surface area contributed by atoms with Crippen molar-refractivity contribution in [1.82, 2.24) is 4.98 Å². The number of H-pyrrole nitrogens is 1. The van der Waals surface area contributed by atoms with Crippen LogP contribution in [0, 0.1) is 0 Å². The maximum Gasteiger partial charge on any atom is 0.280 e. The van der Waals surface area contributed by atoms with Crippen LogP contribution in [0.5, 0.6) is 5.88 Å². The number of carbonyl (C=O) groups is 1. The molecule has 0 aliphatic carbocycles. The molecule has 1 amide bonds. The maximum absolute atomic E-state index is 12.2. The van der Waals surface area contributed by atoms with E-state index in [2.05, 4.69) is 9.98 Å². The lowest BCUT2D eigenvalue weighted by atomic mass is 10.1. The second kappa shape index (κ2) is 4.16. The third-order valence-corrected chi connectivity index (χ3v) is 4.93. The molecule has 4 rings (SSSR count). The van der Waals surface area contributed by atoms with Crippen molar-refractivity contribution in [2.24, 2.45) is 4.99 Å². The average molecular weight is 300 g/mol. The summed E-state index contributed by atoms with van der Waals surface area (Å²) in [5, 5.41) is 14.0. The number of nitrogens with zero attached hydrogens (tertiary/aromatic N) is 1. The largest absolute Gasteiger partial charge is 0.494 e. The number of hydrogen-bond donors (Lipinski definition) is 2. The highest BCUT2D eigenvalue weighted by molar-refractivity contribution is 7.13. The predicted octanol–water partition coefficient (Wildman–Crippen LogP) is 3.50. The molecule has 4 heterocycles. The van der Waals surface area contributed by atoms with Crippen LogP contribution in [-0.2, 0) is 0 Å². The molecule has 0 spiro atoms. The first-order valence-corrected chi connectivity index (χ1v) is 7.67. The molecule has 0 fully saturated rings. The van der Waals surface area contributed by atoms with E-state index in [9.17, 15) is 9.90 Å². The molecule has 0 atom stereocenters. The maximum atomic E-state index is 12.2. The van der Waals surface area contributed by atoms with Crippen molar-refractivity contribution in [2.75, 3.05) is 0 Å². The summed E-state index contributed by atoms with van der Waals surface area (Å²) in [4.78, 5) is 21.0. The van der Waals surface area contributed by atoms with E-state index in [1.165, 1.54) is 22.7 Å². The van der Waals surface area contributed by atoms with E-state index in [1.807, 2.05) is 35.0 Å². The van der Waals surface area contributed by atoms with Gasteiger partial charge in [0.15, 0.2) is 5.88 Å². The summed E-state index contributed by atoms with van der Waals surface area (Å²) in [6.45, 7) is 0. The summed E-state index contributed by atoms with van der Waals surface area (Å²) < 4.78 is 0. The van der Waals surface area contributed by atoms with Gasteiger partial charge in [0, 0.05) is 0 Å². The molecule has 4 nitrogen and oxygen atoms in total. The van der Waals surface area contributed by atoms with E-state index in [0.29, 0.717) is 22.5 Å². The quantitative estimate of drug-likeness (QED) is 0.760. The zero-order valence-electron chi connectivity index (χ0n) is 10.1. The third kappa shape index (κ3) is 1.52. The Morgan fingerprint density at radius 3 is 2.40 bits per heavy atom. The predicted molar refractivity (Wildman–Crippen MR) is 80.1 cm³/mol. The zero-order valence-corrected chi connectivity index (χ0v) is 11.7. The van der Waals surface area contributed by atoms with Crippen molar-refractivity contribution in [3.05, 3.63) is 51.0 Å². The molecule has 20 heavy (non-hydrogen) atoms. The van der Waals surface area contributed by atoms with Crippen LogP contribution in [0.4, 0.5) is 0 Å². The highest BCUT2D eigenvalue weighted by atomic mass is 32.1. The van der Waals surface area contributed by atoms with Gasteiger partial charge in [-0.15, -0.1) is 22.7 Å². The van der Waals surface area contributed by atoms with Crippen molar-refractivity contribution in [1.29, 1.82) is 0 Å². The van der Waals surface area contributed by atoms with Gasteiger partial charge in [0.1, 0.15) is 0 Å². The number of aromatic nitrogens is 1. The number of aromatic hydroxyl groups is 1. The fourth-order valence-electron chi connectivity index (χ4n) is 2.34. The Morgan fingerprint density at radius 2 is 1.75 bits per heavy atom. The van der Waals surface area contributed by atoms with E-state index in [0.717, 1.165) is 9.75 Å². The number of rotatable bonds is 2. The molecule has 0 saturated heterocycles. The zero-order chi connectivity index (χ0) is 13.7. The molecular weight excluding hydrogens is 292 g/mol. The molecule has 1 aliphatic rings. The van der Waals surface area contributed by atoms with Gasteiger partial charge >= 0.3 is 0 Å². The molecule has 2 N–H and O–H groups in total. The monoisotopic (exact) mass is 300 g/mol. The van der Waals surface area contributed by atoms with Gasteiger partial charge in [-0.25, -0.2) is 4.99 Å². The van der Waals surface area contributed by atoms with Crippen LogP contribution in [0.15, 0.2) is 40.0 Å². The van der Waals surface area contributed by atoms with Gasteiger partial charge in [-0.2, -0.15) is 0 Å². The number of hydrogen-bond acceptors (Lipinski definition) is 4. The highest BCUT2D eigenvalue weighted by Gasteiger charge is 2.33. The highest BCUT2D eigenvalue weighted by Crippen LogP contribution is 2.39. The molecule has 98 valence electrons. The van der Waals surface area contributed by atoms with Crippen LogP contribution in [0.3, 0.4) is 0 Å². The van der Waals surface area contributed by atoms with Crippen LogP contribution < -0.4 is 0 Å². The summed E-state index contributed by atoms with van der Waals surface area (Å²) in [5.41, 5.74) is 2.18. The normalized spacial score (nSPS) is 13.6. The van der Waals surface area contributed by atoms with Crippen molar-refractivity contribution in [3.63, 3.8) is 0 Å². The lowest BCUT2D eigenvalue weighted by Gasteiger charge is -1.96. The minimum atomic E-state index is -0.302. The van der Waals surface area contributed by atoms with Gasteiger partial charge in [-0.1, -0.05) is 12.1 Å². The standard InChI is InChI=1S/C14H8N2O2S2/c17-13-9-10(12(16-13)8-4-2-6-20-8)14(18)15-11(9)7-3-1-5-19-7/h1-6,15,18H. The minimum absolute atomic E-state index is 0.00130. The Kier molecular flexibility index (Phi) is 2.42. The molecule has 1 aliphatic heterocycles. The number of fused-ring (bicyclic) bond motifs is 1. The van der Waals surface area contributed by atoms with E-state index in [-0.39, 0.29) is 11.8 Å². The number of carbonyl (C=O) groups excluding carboxylic acids is 1. The summed E-state index contributed by atoms with van der Waals surface area (Å²) in [6.07, 6.45) is 0. The summed E-state index contributed by atoms with van der Waals surface area (Å²) in [6, 6.07) is 7.61. The SMILES string of the molecule is O=C1N=C(c2cccs2)c2c(O)[nH]c(-c3cccs3)c21. The second-order valence-corrected chi connectivity index (χ2v) is 6.21. The third-order valence-electron chi connectivity index (χ3n) is 3.17. The van der Waals surface area contributed by atoms with E-state index < -0.39 is 0 Å².